The molecule has 1 aromatic carbocycles. The molecule has 1 N–H and O–H groups in total. The van der Waals surface area contributed by atoms with Crippen molar-refractivity contribution in [3.05, 3.63) is 44.7 Å². The Morgan fingerprint density at radius 1 is 1.33 bits per heavy atom. The zero-order valence-electron chi connectivity index (χ0n) is 8.67. The van der Waals surface area contributed by atoms with Crippen LogP contribution in [0.25, 0.3) is 10.9 Å². The van der Waals surface area contributed by atoms with Crippen molar-refractivity contribution in [2.75, 3.05) is 0 Å². The average molecular weight is 266 g/mol. The molecule has 0 bridgehead atoms. The number of fused-ring (bicyclic) bond motifs is 1. The third-order valence-corrected chi connectivity index (χ3v) is 3.12. The Morgan fingerprint density at radius 3 is 2.73 bits per heavy atom. The van der Waals surface area contributed by atoms with Crippen molar-refractivity contribution in [2.45, 2.75) is 19.8 Å². The van der Waals surface area contributed by atoms with Crippen LogP contribution in [-0.4, -0.2) is 4.98 Å². The Morgan fingerprint density at radius 2 is 2.07 bits per heavy atom. The molecule has 0 unspecified atom stereocenters. The van der Waals surface area contributed by atoms with E-state index in [9.17, 15) is 4.79 Å². The maximum absolute atomic E-state index is 11.8. The average Bonchev–Trinajstić information content (AvgIpc) is 2.23. The van der Waals surface area contributed by atoms with Crippen LogP contribution in [0.1, 0.15) is 25.3 Å². The molecule has 0 saturated carbocycles. The molecule has 0 fully saturated rings. The minimum atomic E-state index is 0.0475. The van der Waals surface area contributed by atoms with Gasteiger partial charge < -0.3 is 4.98 Å². The van der Waals surface area contributed by atoms with Crippen LogP contribution in [0.3, 0.4) is 0 Å². The topological polar surface area (TPSA) is 32.9 Å². The van der Waals surface area contributed by atoms with E-state index in [1.54, 1.807) is 6.20 Å². The first-order chi connectivity index (χ1) is 7.09. The summed E-state index contributed by atoms with van der Waals surface area (Å²) in [5.41, 5.74) is 2.12. The third-order valence-electron chi connectivity index (χ3n) is 2.53. The Balaban J connectivity index is 2.80. The normalized spacial score (nSPS) is 11.2. The quantitative estimate of drug-likeness (QED) is 0.842. The highest BCUT2D eigenvalue weighted by Gasteiger charge is 2.05. The summed E-state index contributed by atoms with van der Waals surface area (Å²) in [5, 5.41) is 0.746. The lowest BCUT2D eigenvalue weighted by atomic mass is 10.0. The smallest absolute Gasteiger partial charge is 0.203 e. The number of aromatic amines is 1. The second kappa shape index (κ2) is 3.81. The van der Waals surface area contributed by atoms with Crippen molar-refractivity contribution in [3.8, 4) is 0 Å². The first-order valence-electron chi connectivity index (χ1n) is 4.90. The Kier molecular flexibility index (Phi) is 2.65. The summed E-state index contributed by atoms with van der Waals surface area (Å²) in [6, 6.07) is 5.97. The van der Waals surface area contributed by atoms with Gasteiger partial charge in [0.25, 0.3) is 0 Å². The molecular weight excluding hydrogens is 254 g/mol. The molecule has 0 amide bonds. The maximum Gasteiger partial charge on any atom is 0.203 e. The van der Waals surface area contributed by atoms with Crippen molar-refractivity contribution < 1.29 is 0 Å². The zero-order chi connectivity index (χ0) is 11.0. The van der Waals surface area contributed by atoms with E-state index < -0.39 is 0 Å². The molecule has 0 atom stereocenters. The van der Waals surface area contributed by atoms with Crippen molar-refractivity contribution >= 4 is 26.8 Å². The lowest BCUT2D eigenvalue weighted by Gasteiger charge is -2.06. The van der Waals surface area contributed by atoms with Gasteiger partial charge in [-0.15, -0.1) is 0 Å². The van der Waals surface area contributed by atoms with Crippen LogP contribution < -0.4 is 5.43 Å². The van der Waals surface area contributed by atoms with Crippen LogP contribution in [0.2, 0.25) is 0 Å². The molecule has 3 heteroatoms. The molecule has 0 aliphatic heterocycles. The fourth-order valence-electron chi connectivity index (χ4n) is 1.57. The Bertz CT molecular complexity index is 557. The predicted octanol–water partition coefficient (Wildman–Crippen LogP) is 3.41. The molecule has 2 nitrogen and oxygen atoms in total. The van der Waals surface area contributed by atoms with Gasteiger partial charge in [-0.25, -0.2) is 0 Å². The molecule has 0 saturated heterocycles. The van der Waals surface area contributed by atoms with Gasteiger partial charge in [-0.1, -0.05) is 19.9 Å². The monoisotopic (exact) mass is 265 g/mol. The van der Waals surface area contributed by atoms with Crippen LogP contribution in [0.4, 0.5) is 0 Å². The third kappa shape index (κ3) is 1.84. The summed E-state index contributed by atoms with van der Waals surface area (Å²) < 4.78 is 0.580. The molecule has 0 radical (unpaired) electrons. The maximum atomic E-state index is 11.8. The summed E-state index contributed by atoms with van der Waals surface area (Å²) in [5.74, 6) is 0.438. The van der Waals surface area contributed by atoms with Crippen molar-refractivity contribution in [1.29, 1.82) is 0 Å². The van der Waals surface area contributed by atoms with Gasteiger partial charge in [-0.2, -0.15) is 0 Å². The minimum Gasteiger partial charge on any atom is -0.360 e. The number of benzene rings is 1. The van der Waals surface area contributed by atoms with Gasteiger partial charge in [0.2, 0.25) is 5.43 Å². The van der Waals surface area contributed by atoms with Gasteiger partial charge in [0.05, 0.1) is 4.47 Å². The lowest BCUT2D eigenvalue weighted by molar-refractivity contribution is 0.868. The minimum absolute atomic E-state index is 0.0475. The van der Waals surface area contributed by atoms with E-state index in [-0.39, 0.29) is 5.43 Å². The zero-order valence-corrected chi connectivity index (χ0v) is 10.3. The van der Waals surface area contributed by atoms with Gasteiger partial charge in [0, 0.05) is 17.1 Å². The van der Waals surface area contributed by atoms with Crippen molar-refractivity contribution in [1.82, 2.24) is 4.98 Å². The first kappa shape index (κ1) is 10.4. The number of rotatable bonds is 1. The van der Waals surface area contributed by atoms with E-state index in [1.807, 2.05) is 12.1 Å². The highest BCUT2D eigenvalue weighted by atomic mass is 79.9. The summed E-state index contributed by atoms with van der Waals surface area (Å²) in [7, 11) is 0. The highest BCUT2D eigenvalue weighted by molar-refractivity contribution is 9.10. The molecule has 0 aliphatic carbocycles. The SMILES string of the molecule is CC(C)c1ccc2[nH]cc(Br)c(=O)c2c1. The molecular formula is C12H12BrNO. The highest BCUT2D eigenvalue weighted by Crippen LogP contribution is 2.19. The summed E-state index contributed by atoms with van der Waals surface area (Å²) in [4.78, 5) is 14.9. The van der Waals surface area contributed by atoms with Crippen molar-refractivity contribution in [2.24, 2.45) is 0 Å². The number of aromatic nitrogens is 1. The van der Waals surface area contributed by atoms with E-state index in [2.05, 4.69) is 40.8 Å². The standard InChI is InChI=1S/C12H12BrNO/c1-7(2)8-3-4-11-9(5-8)12(15)10(13)6-14-11/h3-7H,1-2H3,(H,14,15). The van der Waals surface area contributed by atoms with E-state index >= 15 is 0 Å². The molecule has 2 aromatic rings. The molecule has 0 aliphatic rings. The van der Waals surface area contributed by atoms with Crippen LogP contribution in [0, 0.1) is 0 Å². The molecule has 0 spiro atoms. The fourth-order valence-corrected chi connectivity index (χ4v) is 1.90. The van der Waals surface area contributed by atoms with Crippen LogP contribution in [0.5, 0.6) is 0 Å². The van der Waals surface area contributed by atoms with Crippen LogP contribution in [-0.2, 0) is 0 Å². The number of H-pyrrole nitrogens is 1. The van der Waals surface area contributed by atoms with Gasteiger partial charge in [0.15, 0.2) is 0 Å². The van der Waals surface area contributed by atoms with E-state index in [4.69, 9.17) is 0 Å². The summed E-state index contributed by atoms with van der Waals surface area (Å²) in [6.07, 6.45) is 1.68. The lowest BCUT2D eigenvalue weighted by Crippen LogP contribution is -2.04. The van der Waals surface area contributed by atoms with E-state index in [1.165, 1.54) is 5.56 Å². The molecule has 15 heavy (non-hydrogen) atoms. The predicted molar refractivity (Wildman–Crippen MR) is 66.4 cm³/mol. The van der Waals surface area contributed by atoms with Gasteiger partial charge >= 0.3 is 0 Å². The Hall–Kier alpha value is -1.09. The number of hydrogen-bond acceptors (Lipinski definition) is 1. The molecule has 1 aromatic heterocycles. The second-order valence-corrected chi connectivity index (χ2v) is 4.78. The van der Waals surface area contributed by atoms with Crippen molar-refractivity contribution in [3.63, 3.8) is 0 Å². The summed E-state index contributed by atoms with van der Waals surface area (Å²) >= 11 is 3.23. The van der Waals surface area contributed by atoms with Crippen LogP contribution >= 0.6 is 15.9 Å². The molecule has 1 heterocycles. The molecule has 2 rings (SSSR count). The first-order valence-corrected chi connectivity index (χ1v) is 5.69. The van der Waals surface area contributed by atoms with E-state index in [0.717, 1.165) is 10.9 Å². The molecule has 78 valence electrons. The summed E-state index contributed by atoms with van der Waals surface area (Å²) in [6.45, 7) is 4.24. The second-order valence-electron chi connectivity index (χ2n) is 3.93. The number of halogens is 1. The number of nitrogens with one attached hydrogen (secondary N) is 1. The largest absolute Gasteiger partial charge is 0.360 e. The number of pyridine rings is 1. The van der Waals surface area contributed by atoms with E-state index in [0.29, 0.717) is 10.4 Å². The van der Waals surface area contributed by atoms with Gasteiger partial charge in [-0.3, -0.25) is 4.79 Å². The number of hydrogen-bond donors (Lipinski definition) is 1. The van der Waals surface area contributed by atoms with Gasteiger partial charge in [-0.05, 0) is 39.5 Å². The van der Waals surface area contributed by atoms with Crippen LogP contribution in [0.15, 0.2) is 33.7 Å². The Labute approximate surface area is 96.5 Å². The fraction of sp³-hybridized carbons (Fsp3) is 0.250. The van der Waals surface area contributed by atoms with Gasteiger partial charge in [0.1, 0.15) is 0 Å².